The molecule has 4 rings (SSSR count). The van der Waals surface area contributed by atoms with Gasteiger partial charge in [-0.1, -0.05) is 32.1 Å². The number of nitrogens with zero attached hydrogens (tertiary/aromatic N) is 1. The Balaban J connectivity index is 1.29. The van der Waals surface area contributed by atoms with Gasteiger partial charge in [0.2, 0.25) is 0 Å². The molecule has 26 heavy (non-hydrogen) atoms. The predicted molar refractivity (Wildman–Crippen MR) is 101 cm³/mol. The minimum absolute atomic E-state index is 0.113. The second-order valence-corrected chi connectivity index (χ2v) is 9.03. The third-order valence-corrected chi connectivity index (χ3v) is 6.89. The largest absolute Gasteiger partial charge is 0.508 e. The van der Waals surface area contributed by atoms with E-state index < -0.39 is 5.60 Å². The molecule has 2 N–H and O–H groups in total. The van der Waals surface area contributed by atoms with Gasteiger partial charge in [-0.2, -0.15) is 0 Å². The zero-order valence-electron chi connectivity index (χ0n) is 15.6. The van der Waals surface area contributed by atoms with Crippen molar-refractivity contribution in [2.24, 2.45) is 17.8 Å². The fourth-order valence-electron chi connectivity index (χ4n) is 5.72. The molecular formula is C22H31NO3. The number of phenols is 1. The fourth-order valence-corrected chi connectivity index (χ4v) is 5.72. The zero-order valence-corrected chi connectivity index (χ0v) is 15.6. The molecule has 2 saturated carbocycles. The Bertz CT molecular complexity index is 621. The fraction of sp³-hybridized carbons (Fsp3) is 0.682. The summed E-state index contributed by atoms with van der Waals surface area (Å²) in [6.07, 6.45) is 9.45. The van der Waals surface area contributed by atoms with E-state index in [-0.39, 0.29) is 11.5 Å². The summed E-state index contributed by atoms with van der Waals surface area (Å²) >= 11 is 0. The van der Waals surface area contributed by atoms with Gasteiger partial charge in [0.15, 0.2) is 5.78 Å². The summed E-state index contributed by atoms with van der Waals surface area (Å²) in [5, 5.41) is 20.5. The number of carbonyl (C=O) groups is 1. The third-order valence-electron chi connectivity index (χ3n) is 6.89. The molecule has 2 atom stereocenters. The smallest absolute Gasteiger partial charge is 0.176 e. The number of benzene rings is 1. The molecule has 2 aliphatic carbocycles. The molecule has 1 saturated heterocycles. The highest BCUT2D eigenvalue weighted by Crippen LogP contribution is 2.47. The molecule has 0 spiro atoms. The molecule has 0 amide bonds. The summed E-state index contributed by atoms with van der Waals surface area (Å²) in [6.45, 7) is 2.31. The molecular weight excluding hydrogens is 326 g/mol. The van der Waals surface area contributed by atoms with Gasteiger partial charge in [0.05, 0.1) is 12.1 Å². The highest BCUT2D eigenvalue weighted by atomic mass is 16.3. The highest BCUT2D eigenvalue weighted by Gasteiger charge is 2.48. The number of hydrogen-bond donors (Lipinski definition) is 2. The van der Waals surface area contributed by atoms with E-state index in [0.717, 1.165) is 38.3 Å². The molecule has 1 aromatic carbocycles. The van der Waals surface area contributed by atoms with Crippen LogP contribution in [-0.2, 0) is 0 Å². The van der Waals surface area contributed by atoms with Crippen LogP contribution >= 0.6 is 0 Å². The first-order valence-electron chi connectivity index (χ1n) is 10.3. The van der Waals surface area contributed by atoms with Crippen LogP contribution < -0.4 is 0 Å². The summed E-state index contributed by atoms with van der Waals surface area (Å²) in [4.78, 5) is 14.7. The molecule has 0 radical (unpaired) electrons. The Morgan fingerprint density at radius 2 is 1.65 bits per heavy atom. The average molecular weight is 357 g/mol. The van der Waals surface area contributed by atoms with E-state index in [1.54, 1.807) is 24.3 Å². The lowest BCUT2D eigenvalue weighted by Crippen LogP contribution is -2.34. The van der Waals surface area contributed by atoms with E-state index in [1.807, 2.05) is 0 Å². The van der Waals surface area contributed by atoms with Gasteiger partial charge in [0.1, 0.15) is 5.75 Å². The van der Waals surface area contributed by atoms with Crippen LogP contribution in [0.5, 0.6) is 5.75 Å². The van der Waals surface area contributed by atoms with Gasteiger partial charge in [-0.3, -0.25) is 9.69 Å². The quantitative estimate of drug-likeness (QED) is 0.790. The molecule has 142 valence electrons. The molecule has 1 aliphatic heterocycles. The minimum Gasteiger partial charge on any atom is -0.508 e. The zero-order chi connectivity index (χ0) is 18.1. The first-order chi connectivity index (χ1) is 12.5. The van der Waals surface area contributed by atoms with Crippen molar-refractivity contribution in [1.29, 1.82) is 0 Å². The molecule has 4 heteroatoms. The molecule has 3 fully saturated rings. The number of Topliss-reactive ketones (excluding diaryl/α,β-unsaturated/α-hetero) is 1. The molecule has 1 heterocycles. The number of hydrogen-bond acceptors (Lipinski definition) is 4. The van der Waals surface area contributed by atoms with Crippen molar-refractivity contribution in [2.45, 2.75) is 57.0 Å². The van der Waals surface area contributed by atoms with E-state index in [1.165, 1.54) is 32.1 Å². The first-order valence-corrected chi connectivity index (χ1v) is 10.3. The van der Waals surface area contributed by atoms with Crippen molar-refractivity contribution < 1.29 is 15.0 Å². The van der Waals surface area contributed by atoms with E-state index in [4.69, 9.17) is 0 Å². The SMILES string of the molecule is O=C(CN1C[C@@H]2CC(O)(CC3CCCCC3)C[C@H]2C1)c1ccc(O)cc1. The van der Waals surface area contributed by atoms with Crippen molar-refractivity contribution in [3.05, 3.63) is 29.8 Å². The number of phenolic OH excluding ortho intramolecular Hbond substituents is 1. The normalized spacial score (nSPS) is 29.0. The summed E-state index contributed by atoms with van der Waals surface area (Å²) < 4.78 is 0. The van der Waals surface area contributed by atoms with Crippen LogP contribution in [0.1, 0.15) is 61.7 Å². The topological polar surface area (TPSA) is 60.8 Å². The van der Waals surface area contributed by atoms with Crippen molar-refractivity contribution in [3.63, 3.8) is 0 Å². The van der Waals surface area contributed by atoms with Crippen LogP contribution in [0.3, 0.4) is 0 Å². The van der Waals surface area contributed by atoms with Crippen LogP contribution in [0.15, 0.2) is 24.3 Å². The number of rotatable bonds is 5. The molecule has 0 unspecified atom stereocenters. The molecule has 3 aliphatic rings. The van der Waals surface area contributed by atoms with Crippen molar-refractivity contribution >= 4 is 5.78 Å². The van der Waals surface area contributed by atoms with Crippen molar-refractivity contribution in [2.75, 3.05) is 19.6 Å². The Hall–Kier alpha value is -1.39. The lowest BCUT2D eigenvalue weighted by Gasteiger charge is -2.32. The maximum Gasteiger partial charge on any atom is 0.176 e. The Morgan fingerprint density at radius 3 is 2.27 bits per heavy atom. The first kappa shape index (κ1) is 18.0. The maximum atomic E-state index is 12.4. The second kappa shape index (κ2) is 7.32. The number of likely N-dealkylation sites (tertiary alicyclic amines) is 1. The molecule has 4 nitrogen and oxygen atoms in total. The van der Waals surface area contributed by atoms with Gasteiger partial charge < -0.3 is 10.2 Å². The summed E-state index contributed by atoms with van der Waals surface area (Å²) in [6, 6.07) is 6.52. The van der Waals surface area contributed by atoms with Crippen molar-refractivity contribution in [1.82, 2.24) is 4.90 Å². The Labute approximate surface area is 156 Å². The van der Waals surface area contributed by atoms with E-state index in [2.05, 4.69) is 4.90 Å². The van der Waals surface area contributed by atoms with Crippen LogP contribution in [-0.4, -0.2) is 46.1 Å². The second-order valence-electron chi connectivity index (χ2n) is 9.03. The van der Waals surface area contributed by atoms with Gasteiger partial charge in [-0.25, -0.2) is 0 Å². The van der Waals surface area contributed by atoms with Gasteiger partial charge in [-0.15, -0.1) is 0 Å². The summed E-state index contributed by atoms with van der Waals surface area (Å²) in [5.74, 6) is 2.10. The van der Waals surface area contributed by atoms with Crippen LogP contribution in [0.2, 0.25) is 0 Å². The van der Waals surface area contributed by atoms with Gasteiger partial charge in [0, 0.05) is 18.7 Å². The third kappa shape index (κ3) is 3.96. The number of carbonyl (C=O) groups excluding carboxylic acids is 1. The van der Waals surface area contributed by atoms with Crippen molar-refractivity contribution in [3.8, 4) is 5.75 Å². The number of ketones is 1. The number of aliphatic hydroxyl groups is 1. The lowest BCUT2D eigenvalue weighted by atomic mass is 9.79. The summed E-state index contributed by atoms with van der Waals surface area (Å²) in [7, 11) is 0. The van der Waals surface area contributed by atoms with E-state index in [0.29, 0.717) is 23.9 Å². The highest BCUT2D eigenvalue weighted by molar-refractivity contribution is 5.97. The Kier molecular flexibility index (Phi) is 5.07. The van der Waals surface area contributed by atoms with Crippen LogP contribution in [0.25, 0.3) is 0 Å². The maximum absolute atomic E-state index is 12.4. The molecule has 1 aromatic rings. The number of aromatic hydroxyl groups is 1. The molecule has 0 aromatic heterocycles. The Morgan fingerprint density at radius 1 is 1.04 bits per heavy atom. The van der Waals surface area contributed by atoms with Crippen LogP contribution in [0.4, 0.5) is 0 Å². The van der Waals surface area contributed by atoms with Gasteiger partial charge in [0.25, 0.3) is 0 Å². The van der Waals surface area contributed by atoms with E-state index >= 15 is 0 Å². The predicted octanol–water partition coefficient (Wildman–Crippen LogP) is 3.62. The monoisotopic (exact) mass is 357 g/mol. The average Bonchev–Trinajstić information content (AvgIpc) is 3.10. The van der Waals surface area contributed by atoms with Gasteiger partial charge >= 0.3 is 0 Å². The van der Waals surface area contributed by atoms with Gasteiger partial charge in [-0.05, 0) is 61.3 Å². The standard InChI is InChI=1S/C22H31NO3/c24-20-8-6-17(7-9-20)21(25)15-23-13-18-11-22(26,12-19(18)14-23)10-16-4-2-1-3-5-16/h6-9,16,18-19,24,26H,1-5,10-15H2/t18-,19-/m0/s1. The van der Waals surface area contributed by atoms with Crippen LogP contribution in [0, 0.1) is 17.8 Å². The lowest BCUT2D eigenvalue weighted by molar-refractivity contribution is 0.00622. The van der Waals surface area contributed by atoms with E-state index in [9.17, 15) is 15.0 Å². The number of fused-ring (bicyclic) bond motifs is 1. The summed E-state index contributed by atoms with van der Waals surface area (Å²) in [5.41, 5.74) is 0.207. The molecule has 0 bridgehead atoms. The minimum atomic E-state index is -0.454.